The van der Waals surface area contributed by atoms with E-state index in [0.29, 0.717) is 0 Å². The third-order valence-electron chi connectivity index (χ3n) is 1.72. The van der Waals surface area contributed by atoms with Crippen LogP contribution < -0.4 is 0 Å². The normalized spacial score (nSPS) is 47.7. The Balaban J connectivity index is 2.59. The molecule has 0 aliphatic carbocycles. The molecule has 3 N–H and O–H groups in total. The zero-order valence-electron chi connectivity index (χ0n) is 6.01. The molecule has 0 saturated carbocycles. The largest absolute Gasteiger partial charge is 0.391 e. The van der Waals surface area contributed by atoms with Gasteiger partial charge in [0.05, 0.1) is 6.10 Å². The lowest BCUT2D eigenvalue weighted by Gasteiger charge is -2.16. The molecule has 4 nitrogen and oxygen atoms in total. The van der Waals surface area contributed by atoms with E-state index in [-0.39, 0.29) is 0 Å². The van der Waals surface area contributed by atoms with E-state index < -0.39 is 30.0 Å². The quantitative estimate of drug-likeness (QED) is 0.458. The Hall–Kier alpha value is 0.130. The average molecular weight is 183 g/mol. The van der Waals surface area contributed by atoms with E-state index in [0.717, 1.165) is 0 Å². The maximum Gasteiger partial charge on any atom is 0.160 e. The summed E-state index contributed by atoms with van der Waals surface area (Å²) in [6.45, 7) is 1.47. The molecular weight excluding hydrogens is 172 g/mol. The predicted molar refractivity (Wildman–Crippen MR) is 38.2 cm³/mol. The van der Waals surface area contributed by atoms with Crippen LogP contribution in [0.2, 0.25) is 0 Å². The van der Waals surface area contributed by atoms with Crippen molar-refractivity contribution in [3.8, 4) is 0 Å². The van der Waals surface area contributed by atoms with E-state index in [1.54, 1.807) is 0 Å². The topological polar surface area (TPSA) is 69.9 Å². The first-order valence-electron chi connectivity index (χ1n) is 3.37. The van der Waals surface area contributed by atoms with E-state index in [2.05, 4.69) is 0 Å². The van der Waals surface area contributed by atoms with E-state index >= 15 is 0 Å². The van der Waals surface area contributed by atoms with E-state index in [9.17, 15) is 5.11 Å². The van der Waals surface area contributed by atoms with E-state index in [1.165, 1.54) is 6.92 Å². The second kappa shape index (κ2) is 3.25. The van der Waals surface area contributed by atoms with Gasteiger partial charge in [0, 0.05) is 0 Å². The Morgan fingerprint density at radius 2 is 1.91 bits per heavy atom. The predicted octanol–water partition coefficient (Wildman–Crippen LogP) is -0.947. The van der Waals surface area contributed by atoms with Crippen LogP contribution in [-0.4, -0.2) is 45.3 Å². The molecule has 1 aliphatic rings. The highest BCUT2D eigenvalue weighted by Crippen LogP contribution is 2.25. The van der Waals surface area contributed by atoms with Gasteiger partial charge >= 0.3 is 0 Å². The molecule has 1 aliphatic heterocycles. The summed E-state index contributed by atoms with van der Waals surface area (Å²) in [4.78, 5) is 0. The number of ether oxygens (including phenoxy) is 1. The van der Waals surface area contributed by atoms with Gasteiger partial charge in [0.2, 0.25) is 0 Å². The summed E-state index contributed by atoms with van der Waals surface area (Å²) in [5.74, 6) is 0. The van der Waals surface area contributed by atoms with Gasteiger partial charge in [-0.05, 0) is 6.92 Å². The fourth-order valence-electron chi connectivity index (χ4n) is 1.06. The van der Waals surface area contributed by atoms with Gasteiger partial charge in [-0.2, -0.15) is 0 Å². The number of aliphatic hydroxyl groups is 3. The molecule has 0 aromatic heterocycles. The summed E-state index contributed by atoms with van der Waals surface area (Å²) in [6.07, 6.45) is -3.83. The molecule has 1 fully saturated rings. The second-order valence-corrected chi connectivity index (χ2v) is 3.10. The Bertz CT molecular complexity index is 141. The second-order valence-electron chi connectivity index (χ2n) is 2.67. The highest BCUT2D eigenvalue weighted by atomic mass is 35.5. The molecule has 0 bridgehead atoms. The molecular formula is C6H11ClO4. The minimum absolute atomic E-state index is 0.785. The average Bonchev–Trinajstić information content (AvgIpc) is 2.17. The fourth-order valence-corrected chi connectivity index (χ4v) is 1.33. The van der Waals surface area contributed by atoms with E-state index in [1.807, 2.05) is 0 Å². The van der Waals surface area contributed by atoms with Gasteiger partial charge in [0.25, 0.3) is 0 Å². The summed E-state index contributed by atoms with van der Waals surface area (Å²) in [7, 11) is 0. The molecule has 11 heavy (non-hydrogen) atoms. The summed E-state index contributed by atoms with van der Waals surface area (Å²) in [6, 6.07) is 0. The van der Waals surface area contributed by atoms with Crippen molar-refractivity contribution in [2.24, 2.45) is 0 Å². The third-order valence-corrected chi connectivity index (χ3v) is 2.08. The number of alkyl halides is 1. The number of hydrogen-bond donors (Lipinski definition) is 3. The molecule has 0 spiro atoms. The van der Waals surface area contributed by atoms with Crippen molar-refractivity contribution >= 4 is 11.6 Å². The summed E-state index contributed by atoms with van der Waals surface area (Å²) < 4.78 is 4.86. The van der Waals surface area contributed by atoms with Gasteiger partial charge in [-0.1, -0.05) is 11.6 Å². The Morgan fingerprint density at radius 3 is 2.09 bits per heavy atom. The maximum atomic E-state index is 9.18. The Labute approximate surface area is 69.4 Å². The maximum absolute atomic E-state index is 9.18. The lowest BCUT2D eigenvalue weighted by atomic mass is 10.1. The van der Waals surface area contributed by atoms with E-state index in [4.69, 9.17) is 26.6 Å². The molecule has 0 radical (unpaired) electrons. The number of hydrogen-bond acceptors (Lipinski definition) is 4. The van der Waals surface area contributed by atoms with Gasteiger partial charge in [-0.25, -0.2) is 0 Å². The molecule has 1 heterocycles. The van der Waals surface area contributed by atoms with Gasteiger partial charge in [-0.3, -0.25) is 0 Å². The van der Waals surface area contributed by atoms with Crippen LogP contribution >= 0.6 is 11.6 Å². The van der Waals surface area contributed by atoms with Crippen molar-refractivity contribution in [3.63, 3.8) is 0 Å². The standard InChI is InChI=1S/C6H11ClO4/c1-2(8)5-3(9)4(10)6(7)11-5/h2-6,8-10H,1H3/t2-,3-,4+,5-,6?/m1/s1. The molecule has 1 unspecified atom stereocenters. The smallest absolute Gasteiger partial charge is 0.160 e. The first kappa shape index (κ1) is 9.22. The molecule has 1 rings (SSSR count). The van der Waals surface area contributed by atoms with Gasteiger partial charge in [0.1, 0.15) is 18.3 Å². The van der Waals surface area contributed by atoms with Crippen molar-refractivity contribution < 1.29 is 20.1 Å². The first-order chi connectivity index (χ1) is 5.04. The molecule has 66 valence electrons. The minimum atomic E-state index is -1.11. The van der Waals surface area contributed by atoms with Crippen LogP contribution in [0.1, 0.15) is 6.92 Å². The zero-order chi connectivity index (χ0) is 8.59. The Morgan fingerprint density at radius 1 is 1.36 bits per heavy atom. The molecule has 0 amide bonds. The molecule has 0 aromatic carbocycles. The van der Waals surface area contributed by atoms with Crippen LogP contribution in [0.5, 0.6) is 0 Å². The first-order valence-corrected chi connectivity index (χ1v) is 3.81. The highest BCUT2D eigenvalue weighted by Gasteiger charge is 2.43. The van der Waals surface area contributed by atoms with Crippen molar-refractivity contribution in [2.75, 3.05) is 0 Å². The lowest BCUT2D eigenvalue weighted by molar-refractivity contribution is -0.0467. The highest BCUT2D eigenvalue weighted by molar-refractivity contribution is 6.20. The summed E-state index contributed by atoms with van der Waals surface area (Å²) in [5, 5.41) is 27.2. The SMILES string of the molecule is C[C@@H](O)[C@H]1OC(Cl)[C@@H](O)[C@H]1O. The number of rotatable bonds is 1. The van der Waals surface area contributed by atoms with Crippen molar-refractivity contribution in [2.45, 2.75) is 36.9 Å². The van der Waals surface area contributed by atoms with Crippen LogP contribution in [0.15, 0.2) is 0 Å². The van der Waals surface area contributed by atoms with Crippen LogP contribution in [-0.2, 0) is 4.74 Å². The summed E-state index contributed by atoms with van der Waals surface area (Å²) in [5.41, 5.74) is -0.926. The van der Waals surface area contributed by atoms with Crippen molar-refractivity contribution in [1.82, 2.24) is 0 Å². The zero-order valence-corrected chi connectivity index (χ0v) is 6.77. The molecule has 5 heteroatoms. The molecule has 1 saturated heterocycles. The van der Waals surface area contributed by atoms with Gasteiger partial charge in [0.15, 0.2) is 5.56 Å². The third kappa shape index (κ3) is 1.65. The molecule has 0 aromatic rings. The van der Waals surface area contributed by atoms with Crippen molar-refractivity contribution in [1.29, 1.82) is 0 Å². The monoisotopic (exact) mass is 182 g/mol. The Kier molecular flexibility index (Phi) is 2.72. The molecule has 5 atom stereocenters. The van der Waals surface area contributed by atoms with Gasteiger partial charge < -0.3 is 20.1 Å². The van der Waals surface area contributed by atoms with Crippen LogP contribution in [0.3, 0.4) is 0 Å². The van der Waals surface area contributed by atoms with Crippen LogP contribution in [0, 0.1) is 0 Å². The van der Waals surface area contributed by atoms with Crippen LogP contribution in [0.25, 0.3) is 0 Å². The number of aliphatic hydroxyl groups excluding tert-OH is 3. The summed E-state index contributed by atoms with van der Waals surface area (Å²) >= 11 is 5.45. The lowest BCUT2D eigenvalue weighted by Crippen LogP contribution is -2.37. The van der Waals surface area contributed by atoms with Gasteiger partial charge in [-0.15, -0.1) is 0 Å². The van der Waals surface area contributed by atoms with Crippen molar-refractivity contribution in [3.05, 3.63) is 0 Å². The number of halogens is 1. The minimum Gasteiger partial charge on any atom is -0.391 e. The van der Waals surface area contributed by atoms with Crippen LogP contribution in [0.4, 0.5) is 0 Å². The fraction of sp³-hybridized carbons (Fsp3) is 1.00.